The molecule has 0 bridgehead atoms. The monoisotopic (exact) mass is 518 g/mol. The lowest BCUT2D eigenvalue weighted by atomic mass is 10.2. The maximum absolute atomic E-state index is 5.79. The molecule has 29 heavy (non-hydrogen) atoms. The molecule has 0 saturated carbocycles. The number of nitrogens with one attached hydrogen (secondary N) is 2. The Morgan fingerprint density at radius 1 is 1.31 bits per heavy atom. The largest absolute Gasteiger partial charge is 0.379 e. The van der Waals surface area contributed by atoms with Gasteiger partial charge in [0.25, 0.3) is 0 Å². The number of rotatable bonds is 8. The molecule has 0 radical (unpaired) electrons. The average molecular weight is 518 g/mol. The third kappa shape index (κ3) is 8.23. The van der Waals surface area contributed by atoms with Gasteiger partial charge in [0.05, 0.1) is 12.7 Å². The van der Waals surface area contributed by atoms with E-state index in [0.29, 0.717) is 0 Å². The first-order valence-electron chi connectivity index (χ1n) is 10.3. The van der Waals surface area contributed by atoms with Gasteiger partial charge in [-0.1, -0.05) is 0 Å². The smallest absolute Gasteiger partial charge is 0.191 e. The zero-order chi connectivity index (χ0) is 19.6. The van der Waals surface area contributed by atoms with Crippen LogP contribution < -0.4 is 15.5 Å². The van der Waals surface area contributed by atoms with Crippen LogP contribution in [-0.2, 0) is 16.0 Å². The molecule has 1 aromatic heterocycles. The Morgan fingerprint density at radius 2 is 2.14 bits per heavy atom. The zero-order valence-electron chi connectivity index (χ0n) is 17.6. The maximum Gasteiger partial charge on any atom is 0.191 e. The molecule has 2 N–H and O–H groups in total. The van der Waals surface area contributed by atoms with Gasteiger partial charge in [-0.2, -0.15) is 0 Å². The van der Waals surface area contributed by atoms with E-state index in [0.717, 1.165) is 83.7 Å². The van der Waals surface area contributed by atoms with Crippen LogP contribution in [0.15, 0.2) is 23.3 Å². The third-order valence-corrected chi connectivity index (χ3v) is 5.18. The summed E-state index contributed by atoms with van der Waals surface area (Å²) >= 11 is 0. The van der Waals surface area contributed by atoms with Gasteiger partial charge in [0.15, 0.2) is 5.96 Å². The van der Waals surface area contributed by atoms with Crippen molar-refractivity contribution in [3.8, 4) is 0 Å². The second-order valence-corrected chi connectivity index (χ2v) is 7.38. The van der Waals surface area contributed by atoms with Crippen molar-refractivity contribution >= 4 is 35.8 Å². The van der Waals surface area contributed by atoms with Crippen LogP contribution in [-0.4, -0.2) is 88.6 Å². The van der Waals surface area contributed by atoms with Gasteiger partial charge in [0.2, 0.25) is 0 Å². The van der Waals surface area contributed by atoms with Gasteiger partial charge in [0.1, 0.15) is 5.82 Å². The molecular formula is C20H35IN6O2. The van der Waals surface area contributed by atoms with E-state index in [-0.39, 0.29) is 30.1 Å². The summed E-state index contributed by atoms with van der Waals surface area (Å²) in [6.45, 7) is 8.07. The molecule has 0 spiro atoms. The molecule has 0 aliphatic carbocycles. The number of ether oxygens (including phenoxy) is 2. The first-order valence-corrected chi connectivity index (χ1v) is 10.3. The number of piperazine rings is 1. The van der Waals surface area contributed by atoms with Gasteiger partial charge >= 0.3 is 0 Å². The topological polar surface area (TPSA) is 74.2 Å². The number of anilines is 1. The van der Waals surface area contributed by atoms with Gasteiger partial charge < -0.3 is 29.9 Å². The predicted octanol–water partition coefficient (Wildman–Crippen LogP) is 1.31. The summed E-state index contributed by atoms with van der Waals surface area (Å²) in [5.41, 5.74) is 1.21. The Labute approximate surface area is 191 Å². The first-order chi connectivity index (χ1) is 13.7. The number of guanidine groups is 1. The summed E-state index contributed by atoms with van der Waals surface area (Å²) < 4.78 is 11.1. The van der Waals surface area contributed by atoms with Crippen LogP contribution in [0.4, 0.5) is 5.82 Å². The highest BCUT2D eigenvalue weighted by atomic mass is 127. The molecule has 2 aliphatic rings. The van der Waals surface area contributed by atoms with E-state index < -0.39 is 0 Å². The number of aromatic nitrogens is 1. The Morgan fingerprint density at radius 3 is 2.86 bits per heavy atom. The van der Waals surface area contributed by atoms with Gasteiger partial charge in [0, 0.05) is 65.7 Å². The number of nitrogens with zero attached hydrogens (tertiary/aromatic N) is 4. The van der Waals surface area contributed by atoms with Crippen LogP contribution in [0.3, 0.4) is 0 Å². The van der Waals surface area contributed by atoms with Crippen molar-refractivity contribution < 1.29 is 9.47 Å². The van der Waals surface area contributed by atoms with E-state index in [1.807, 2.05) is 6.20 Å². The van der Waals surface area contributed by atoms with Crippen LogP contribution in [0.5, 0.6) is 0 Å². The minimum Gasteiger partial charge on any atom is -0.379 e. The highest BCUT2D eigenvalue weighted by Crippen LogP contribution is 2.14. The molecule has 3 rings (SSSR count). The molecule has 2 saturated heterocycles. The van der Waals surface area contributed by atoms with Crippen LogP contribution in [0.1, 0.15) is 18.4 Å². The summed E-state index contributed by atoms with van der Waals surface area (Å²) in [6, 6.07) is 4.22. The highest BCUT2D eigenvalue weighted by molar-refractivity contribution is 14.0. The summed E-state index contributed by atoms with van der Waals surface area (Å²) in [4.78, 5) is 13.6. The van der Waals surface area contributed by atoms with Crippen molar-refractivity contribution in [2.45, 2.75) is 25.5 Å². The van der Waals surface area contributed by atoms with Crippen LogP contribution in [0.2, 0.25) is 0 Å². The van der Waals surface area contributed by atoms with Crippen molar-refractivity contribution in [3.05, 3.63) is 23.9 Å². The SMILES string of the molecule is CN=C(NCCCOC1CCOC1)NCc1ccnc(N2CCN(C)CC2)c1.I. The second-order valence-electron chi connectivity index (χ2n) is 7.38. The van der Waals surface area contributed by atoms with E-state index in [4.69, 9.17) is 9.47 Å². The summed E-state index contributed by atoms with van der Waals surface area (Å²) in [7, 11) is 3.96. The van der Waals surface area contributed by atoms with Crippen molar-refractivity contribution in [2.75, 3.05) is 71.5 Å². The quantitative estimate of drug-likeness (QED) is 0.233. The molecule has 0 amide bonds. The average Bonchev–Trinajstić information content (AvgIpc) is 3.24. The van der Waals surface area contributed by atoms with E-state index in [9.17, 15) is 0 Å². The van der Waals surface area contributed by atoms with Gasteiger partial charge in [-0.05, 0) is 37.6 Å². The molecule has 1 aromatic rings. The fourth-order valence-corrected chi connectivity index (χ4v) is 3.36. The highest BCUT2D eigenvalue weighted by Gasteiger charge is 2.16. The second kappa shape index (κ2) is 13.2. The number of likely N-dealkylation sites (N-methyl/N-ethyl adjacent to an activating group) is 1. The summed E-state index contributed by atoms with van der Waals surface area (Å²) in [5.74, 6) is 1.87. The molecule has 164 valence electrons. The zero-order valence-corrected chi connectivity index (χ0v) is 19.9. The minimum absolute atomic E-state index is 0. The number of halogens is 1. The summed E-state index contributed by atoms with van der Waals surface area (Å²) in [5, 5.41) is 6.72. The van der Waals surface area contributed by atoms with Crippen LogP contribution >= 0.6 is 24.0 Å². The predicted molar refractivity (Wildman–Crippen MR) is 127 cm³/mol. The van der Waals surface area contributed by atoms with Crippen molar-refractivity contribution in [1.82, 2.24) is 20.5 Å². The molecule has 2 aliphatic heterocycles. The third-order valence-electron chi connectivity index (χ3n) is 5.18. The molecule has 2 fully saturated rings. The van der Waals surface area contributed by atoms with Crippen molar-refractivity contribution in [1.29, 1.82) is 0 Å². The maximum atomic E-state index is 5.79. The lowest BCUT2D eigenvalue weighted by Crippen LogP contribution is -2.44. The number of aliphatic imine (C=N–C) groups is 1. The van der Waals surface area contributed by atoms with E-state index in [1.165, 1.54) is 5.56 Å². The Balaban J connectivity index is 0.00000300. The number of pyridine rings is 1. The number of hydrogen-bond acceptors (Lipinski definition) is 6. The first kappa shape index (κ1) is 24.1. The standard InChI is InChI=1S/C20H34N6O2.HI/c1-21-20(23-6-3-12-28-18-5-13-27-16-18)24-15-17-4-7-22-19(14-17)26-10-8-25(2)9-11-26;/h4,7,14,18H,3,5-6,8-13,15-16H2,1-2H3,(H2,21,23,24);1H. The summed E-state index contributed by atoms with van der Waals surface area (Å²) in [6.07, 6.45) is 4.13. The van der Waals surface area contributed by atoms with E-state index in [1.54, 1.807) is 7.05 Å². The molecule has 9 heteroatoms. The van der Waals surface area contributed by atoms with Gasteiger partial charge in [-0.25, -0.2) is 4.98 Å². The van der Waals surface area contributed by atoms with Crippen molar-refractivity contribution in [2.24, 2.45) is 4.99 Å². The number of hydrogen-bond donors (Lipinski definition) is 2. The van der Waals surface area contributed by atoms with E-state index >= 15 is 0 Å². The fourth-order valence-electron chi connectivity index (χ4n) is 3.36. The fraction of sp³-hybridized carbons (Fsp3) is 0.700. The van der Waals surface area contributed by atoms with Gasteiger partial charge in [-0.3, -0.25) is 4.99 Å². The molecule has 3 heterocycles. The molecule has 1 unspecified atom stereocenters. The molecule has 0 aromatic carbocycles. The molecule has 8 nitrogen and oxygen atoms in total. The van der Waals surface area contributed by atoms with Crippen LogP contribution in [0.25, 0.3) is 0 Å². The van der Waals surface area contributed by atoms with E-state index in [2.05, 4.69) is 49.6 Å². The minimum atomic E-state index is 0. The Kier molecular flexibility index (Phi) is 11.0. The van der Waals surface area contributed by atoms with Crippen LogP contribution in [0, 0.1) is 0 Å². The molecule has 1 atom stereocenters. The lowest BCUT2D eigenvalue weighted by molar-refractivity contribution is 0.0420. The van der Waals surface area contributed by atoms with Gasteiger partial charge in [-0.15, -0.1) is 24.0 Å². The Bertz CT molecular complexity index is 619. The van der Waals surface area contributed by atoms with Crippen molar-refractivity contribution in [3.63, 3.8) is 0 Å². The molecular weight excluding hydrogens is 483 g/mol. The Hall–Kier alpha value is -1.17. The normalized spacial score (nSPS) is 20.4. The lowest BCUT2D eigenvalue weighted by Gasteiger charge is -2.33.